The molecule has 0 aromatic carbocycles. The fourth-order valence-corrected chi connectivity index (χ4v) is 1.28. The zero-order valence-corrected chi connectivity index (χ0v) is 10.6. The van der Waals surface area contributed by atoms with E-state index < -0.39 is 0 Å². The summed E-state index contributed by atoms with van der Waals surface area (Å²) in [5.41, 5.74) is 6.67. The number of aryl methyl sites for hydroxylation is 1. The maximum atomic E-state index is 5.84. The zero-order valence-electron chi connectivity index (χ0n) is 10.6. The van der Waals surface area contributed by atoms with Crippen LogP contribution in [0, 0.1) is 6.92 Å². The van der Waals surface area contributed by atoms with Crippen LogP contribution >= 0.6 is 0 Å². The van der Waals surface area contributed by atoms with Gasteiger partial charge in [-0.15, -0.1) is 0 Å². The molecule has 0 bridgehead atoms. The molecule has 1 aromatic rings. The summed E-state index contributed by atoms with van der Waals surface area (Å²) in [6.07, 6.45) is 2.95. The Hall–Kier alpha value is -1.32. The van der Waals surface area contributed by atoms with Crippen LogP contribution in [-0.4, -0.2) is 16.1 Å². The van der Waals surface area contributed by atoms with Gasteiger partial charge in [-0.05, 0) is 26.7 Å². The predicted molar refractivity (Wildman–Crippen MR) is 65.6 cm³/mol. The molecule has 0 amide bonds. The molecular weight excluding hydrogens is 202 g/mol. The van der Waals surface area contributed by atoms with Gasteiger partial charge in [0.2, 0.25) is 5.88 Å². The molecule has 4 nitrogen and oxygen atoms in total. The van der Waals surface area contributed by atoms with Gasteiger partial charge in [-0.3, -0.25) is 0 Å². The fraction of sp³-hybridized carbons (Fsp3) is 0.667. The minimum atomic E-state index is 0.155. The lowest BCUT2D eigenvalue weighted by atomic mass is 10.2. The second-order valence-corrected chi connectivity index (χ2v) is 4.04. The third-order valence-electron chi connectivity index (χ3n) is 2.55. The lowest BCUT2D eigenvalue weighted by Gasteiger charge is -2.15. The molecule has 0 saturated carbocycles. The molecule has 0 aliphatic carbocycles. The summed E-state index contributed by atoms with van der Waals surface area (Å²) in [6, 6.07) is 0. The molecule has 0 aliphatic rings. The molecule has 1 aromatic heterocycles. The first kappa shape index (κ1) is 12.7. The van der Waals surface area contributed by atoms with E-state index in [1.807, 2.05) is 13.8 Å². The lowest BCUT2D eigenvalue weighted by Crippen LogP contribution is -2.14. The smallest absolute Gasteiger partial charge is 0.222 e. The van der Waals surface area contributed by atoms with Gasteiger partial charge in [0.15, 0.2) is 0 Å². The van der Waals surface area contributed by atoms with Crippen LogP contribution in [0.1, 0.15) is 45.0 Å². The Kier molecular flexibility index (Phi) is 4.52. The van der Waals surface area contributed by atoms with E-state index in [1.165, 1.54) is 0 Å². The SMILES string of the molecule is CCCc1nc(N)c(C)c(OC(C)CC)n1. The van der Waals surface area contributed by atoms with Crippen LogP contribution in [-0.2, 0) is 6.42 Å². The van der Waals surface area contributed by atoms with Crippen LogP contribution in [0.3, 0.4) is 0 Å². The van der Waals surface area contributed by atoms with Crippen molar-refractivity contribution in [2.75, 3.05) is 5.73 Å². The van der Waals surface area contributed by atoms with E-state index in [4.69, 9.17) is 10.5 Å². The summed E-state index contributed by atoms with van der Waals surface area (Å²) in [4.78, 5) is 8.64. The number of hydrogen-bond donors (Lipinski definition) is 1. The van der Waals surface area contributed by atoms with Gasteiger partial charge in [0.25, 0.3) is 0 Å². The van der Waals surface area contributed by atoms with Crippen LogP contribution in [0.2, 0.25) is 0 Å². The minimum Gasteiger partial charge on any atom is -0.474 e. The van der Waals surface area contributed by atoms with E-state index in [1.54, 1.807) is 0 Å². The lowest BCUT2D eigenvalue weighted by molar-refractivity contribution is 0.206. The van der Waals surface area contributed by atoms with E-state index in [-0.39, 0.29) is 6.10 Å². The molecule has 0 radical (unpaired) electrons. The summed E-state index contributed by atoms with van der Waals surface area (Å²) in [5.74, 6) is 1.92. The molecule has 0 aliphatic heterocycles. The second kappa shape index (κ2) is 5.68. The van der Waals surface area contributed by atoms with Crippen LogP contribution in [0.4, 0.5) is 5.82 Å². The Bertz CT molecular complexity index is 352. The van der Waals surface area contributed by atoms with E-state index >= 15 is 0 Å². The molecule has 1 heterocycles. The Labute approximate surface area is 97.2 Å². The Morgan fingerprint density at radius 1 is 1.31 bits per heavy atom. The number of nitrogens with zero attached hydrogens (tertiary/aromatic N) is 2. The Morgan fingerprint density at radius 2 is 2.00 bits per heavy atom. The third-order valence-corrected chi connectivity index (χ3v) is 2.55. The largest absolute Gasteiger partial charge is 0.474 e. The molecule has 1 unspecified atom stereocenters. The first-order valence-corrected chi connectivity index (χ1v) is 5.88. The molecule has 2 N–H and O–H groups in total. The van der Waals surface area contributed by atoms with Crippen LogP contribution in [0.5, 0.6) is 5.88 Å². The number of aromatic nitrogens is 2. The normalized spacial score (nSPS) is 12.5. The first-order chi connectivity index (χ1) is 7.58. The van der Waals surface area contributed by atoms with Crippen molar-refractivity contribution in [2.24, 2.45) is 0 Å². The number of hydrogen-bond acceptors (Lipinski definition) is 4. The molecule has 0 spiro atoms. The van der Waals surface area contributed by atoms with E-state index in [2.05, 4.69) is 23.8 Å². The average molecular weight is 223 g/mol. The summed E-state index contributed by atoms with van der Waals surface area (Å²) in [6.45, 7) is 8.09. The molecular formula is C12H21N3O. The highest BCUT2D eigenvalue weighted by atomic mass is 16.5. The Balaban J connectivity index is 2.96. The number of anilines is 1. The Morgan fingerprint density at radius 3 is 2.56 bits per heavy atom. The van der Waals surface area contributed by atoms with Gasteiger partial charge in [0.05, 0.1) is 11.7 Å². The summed E-state index contributed by atoms with van der Waals surface area (Å²) in [5, 5.41) is 0. The van der Waals surface area contributed by atoms with Gasteiger partial charge in [0, 0.05) is 6.42 Å². The predicted octanol–water partition coefficient (Wildman–Crippen LogP) is 2.50. The van der Waals surface area contributed by atoms with Crippen molar-refractivity contribution in [3.8, 4) is 5.88 Å². The van der Waals surface area contributed by atoms with Crippen molar-refractivity contribution in [1.29, 1.82) is 0 Å². The molecule has 90 valence electrons. The molecule has 0 fully saturated rings. The molecule has 1 rings (SSSR count). The molecule has 1 atom stereocenters. The quantitative estimate of drug-likeness (QED) is 0.833. The van der Waals surface area contributed by atoms with Crippen molar-refractivity contribution >= 4 is 5.82 Å². The highest BCUT2D eigenvalue weighted by molar-refractivity contribution is 5.44. The van der Waals surface area contributed by atoms with E-state index in [0.29, 0.717) is 11.7 Å². The maximum absolute atomic E-state index is 5.84. The van der Waals surface area contributed by atoms with Gasteiger partial charge in [-0.25, -0.2) is 4.98 Å². The number of rotatable bonds is 5. The van der Waals surface area contributed by atoms with E-state index in [0.717, 1.165) is 30.7 Å². The first-order valence-electron chi connectivity index (χ1n) is 5.88. The molecule has 4 heteroatoms. The monoisotopic (exact) mass is 223 g/mol. The topological polar surface area (TPSA) is 61.0 Å². The standard InChI is InChI=1S/C12H21N3O/c1-5-7-10-14-11(13)9(4)12(15-10)16-8(3)6-2/h8H,5-7H2,1-4H3,(H2,13,14,15). The van der Waals surface area contributed by atoms with Crippen molar-refractivity contribution < 1.29 is 4.74 Å². The van der Waals surface area contributed by atoms with Crippen molar-refractivity contribution in [3.63, 3.8) is 0 Å². The van der Waals surface area contributed by atoms with Gasteiger partial charge in [0.1, 0.15) is 11.6 Å². The highest BCUT2D eigenvalue weighted by Gasteiger charge is 2.11. The van der Waals surface area contributed by atoms with Gasteiger partial charge in [-0.2, -0.15) is 4.98 Å². The van der Waals surface area contributed by atoms with Crippen molar-refractivity contribution in [2.45, 2.75) is 53.1 Å². The van der Waals surface area contributed by atoms with Gasteiger partial charge < -0.3 is 10.5 Å². The van der Waals surface area contributed by atoms with Crippen LogP contribution < -0.4 is 10.5 Å². The summed E-state index contributed by atoms with van der Waals surface area (Å²) >= 11 is 0. The summed E-state index contributed by atoms with van der Waals surface area (Å²) < 4.78 is 5.73. The van der Waals surface area contributed by atoms with E-state index in [9.17, 15) is 0 Å². The fourth-order valence-electron chi connectivity index (χ4n) is 1.28. The van der Waals surface area contributed by atoms with Crippen LogP contribution in [0.25, 0.3) is 0 Å². The van der Waals surface area contributed by atoms with Gasteiger partial charge >= 0.3 is 0 Å². The minimum absolute atomic E-state index is 0.155. The number of ether oxygens (including phenoxy) is 1. The maximum Gasteiger partial charge on any atom is 0.222 e. The zero-order chi connectivity index (χ0) is 12.1. The third kappa shape index (κ3) is 3.08. The molecule has 0 saturated heterocycles. The van der Waals surface area contributed by atoms with Crippen molar-refractivity contribution in [1.82, 2.24) is 9.97 Å². The molecule has 16 heavy (non-hydrogen) atoms. The van der Waals surface area contributed by atoms with Crippen molar-refractivity contribution in [3.05, 3.63) is 11.4 Å². The summed E-state index contributed by atoms with van der Waals surface area (Å²) in [7, 11) is 0. The number of nitrogens with two attached hydrogens (primary N) is 1. The number of nitrogen functional groups attached to an aromatic ring is 1. The average Bonchev–Trinajstić information content (AvgIpc) is 2.25. The van der Waals surface area contributed by atoms with Crippen LogP contribution in [0.15, 0.2) is 0 Å². The van der Waals surface area contributed by atoms with Gasteiger partial charge in [-0.1, -0.05) is 13.8 Å². The highest BCUT2D eigenvalue weighted by Crippen LogP contribution is 2.21. The second-order valence-electron chi connectivity index (χ2n) is 4.04.